The molecule has 0 atom stereocenters. The van der Waals surface area contributed by atoms with Gasteiger partial charge in [0.05, 0.1) is 26.4 Å². The number of phenols is 1. The molecule has 0 spiro atoms. The molecule has 4 nitrogen and oxygen atoms in total. The first-order valence-electron chi connectivity index (χ1n) is 4.80. The van der Waals surface area contributed by atoms with Gasteiger partial charge >= 0.3 is 0 Å². The van der Waals surface area contributed by atoms with Gasteiger partial charge in [-0.25, -0.2) is 0 Å². The van der Waals surface area contributed by atoms with E-state index in [1.165, 1.54) is 0 Å². The number of aliphatic hydroxyl groups is 1. The van der Waals surface area contributed by atoms with Crippen molar-refractivity contribution < 1.29 is 14.9 Å². The summed E-state index contributed by atoms with van der Waals surface area (Å²) in [5.74, 6) is 0.249. The van der Waals surface area contributed by atoms with Gasteiger partial charge in [-0.15, -0.1) is 0 Å². The quantitative estimate of drug-likeness (QED) is 0.538. The van der Waals surface area contributed by atoms with Crippen LogP contribution < -0.4 is 0 Å². The number of rotatable bonds is 6. The predicted octanol–water partition coefficient (Wildman–Crippen LogP) is 0.820. The molecule has 1 rings (SSSR count). The molecular weight excluding hydrogens is 194 g/mol. The number of phenolic OH excluding ortho intramolecular Hbond substituents is 1. The highest BCUT2D eigenvalue weighted by Crippen LogP contribution is 2.07. The number of ether oxygens (including phenoxy) is 1. The van der Waals surface area contributed by atoms with Crippen LogP contribution in [0.15, 0.2) is 29.3 Å². The van der Waals surface area contributed by atoms with E-state index in [2.05, 4.69) is 4.99 Å². The van der Waals surface area contributed by atoms with Crippen LogP contribution >= 0.6 is 0 Å². The van der Waals surface area contributed by atoms with E-state index in [1.807, 2.05) is 0 Å². The third-order valence-electron chi connectivity index (χ3n) is 1.73. The van der Waals surface area contributed by atoms with E-state index in [1.54, 1.807) is 30.5 Å². The van der Waals surface area contributed by atoms with E-state index in [0.717, 1.165) is 5.56 Å². The molecule has 0 amide bonds. The van der Waals surface area contributed by atoms with Crippen molar-refractivity contribution in [2.24, 2.45) is 4.99 Å². The molecule has 0 saturated carbocycles. The molecule has 0 bridgehead atoms. The average Bonchev–Trinajstić information content (AvgIpc) is 2.26. The zero-order chi connectivity index (χ0) is 10.9. The maximum absolute atomic E-state index is 9.04. The lowest BCUT2D eigenvalue weighted by atomic mass is 10.2. The smallest absolute Gasteiger partial charge is 0.115 e. The maximum Gasteiger partial charge on any atom is 0.115 e. The number of hydrogen-bond donors (Lipinski definition) is 2. The van der Waals surface area contributed by atoms with Gasteiger partial charge in [0.25, 0.3) is 0 Å². The molecule has 0 aliphatic heterocycles. The standard InChI is InChI=1S/C11H15NO3/c13-6-8-15-7-5-12-9-10-1-3-11(14)4-2-10/h1-4,9,13-14H,5-8H2. The minimum atomic E-state index is 0.0433. The van der Waals surface area contributed by atoms with Crippen LogP contribution in [0.2, 0.25) is 0 Å². The fraction of sp³-hybridized carbons (Fsp3) is 0.364. The first-order valence-corrected chi connectivity index (χ1v) is 4.80. The summed E-state index contributed by atoms with van der Waals surface area (Å²) in [5.41, 5.74) is 0.940. The van der Waals surface area contributed by atoms with Gasteiger partial charge in [0, 0.05) is 6.21 Å². The van der Waals surface area contributed by atoms with Gasteiger partial charge in [-0.3, -0.25) is 4.99 Å². The number of nitrogens with zero attached hydrogens (tertiary/aromatic N) is 1. The molecule has 0 unspecified atom stereocenters. The van der Waals surface area contributed by atoms with Gasteiger partial charge in [-0.2, -0.15) is 0 Å². The number of aliphatic imine (C=N–C) groups is 1. The first kappa shape index (κ1) is 11.7. The zero-order valence-corrected chi connectivity index (χ0v) is 8.47. The molecule has 0 radical (unpaired) electrons. The van der Waals surface area contributed by atoms with Gasteiger partial charge in [0.1, 0.15) is 5.75 Å². The fourth-order valence-corrected chi connectivity index (χ4v) is 1.01. The SMILES string of the molecule is OCCOCCN=Cc1ccc(O)cc1. The second kappa shape index (κ2) is 6.98. The summed E-state index contributed by atoms with van der Waals surface area (Å²) in [5, 5.41) is 17.5. The molecule has 1 aromatic carbocycles. The summed E-state index contributed by atoms with van der Waals surface area (Å²) in [6.45, 7) is 1.48. The van der Waals surface area contributed by atoms with Crippen LogP contribution in [0.4, 0.5) is 0 Å². The van der Waals surface area contributed by atoms with Crippen molar-refractivity contribution >= 4 is 6.21 Å². The summed E-state index contributed by atoms with van der Waals surface area (Å²) in [4.78, 5) is 4.13. The predicted molar refractivity (Wildman–Crippen MR) is 58.5 cm³/mol. The van der Waals surface area contributed by atoms with Gasteiger partial charge in [-0.05, 0) is 29.8 Å². The second-order valence-corrected chi connectivity index (χ2v) is 2.96. The van der Waals surface area contributed by atoms with Crippen molar-refractivity contribution in [3.8, 4) is 5.75 Å². The Balaban J connectivity index is 2.23. The third-order valence-corrected chi connectivity index (χ3v) is 1.73. The Labute approximate surface area is 88.9 Å². The third kappa shape index (κ3) is 5.15. The van der Waals surface area contributed by atoms with Crippen LogP contribution in [0.25, 0.3) is 0 Å². The summed E-state index contributed by atoms with van der Waals surface area (Å²) < 4.78 is 5.04. The Bertz CT molecular complexity index is 295. The Morgan fingerprint density at radius 1 is 1.20 bits per heavy atom. The Morgan fingerprint density at radius 2 is 1.93 bits per heavy atom. The zero-order valence-electron chi connectivity index (χ0n) is 8.47. The van der Waals surface area contributed by atoms with Crippen molar-refractivity contribution in [1.82, 2.24) is 0 Å². The van der Waals surface area contributed by atoms with E-state index in [9.17, 15) is 0 Å². The summed E-state index contributed by atoms with van der Waals surface area (Å²) >= 11 is 0. The van der Waals surface area contributed by atoms with Crippen molar-refractivity contribution in [3.05, 3.63) is 29.8 Å². The molecule has 0 saturated heterocycles. The molecule has 0 aromatic heterocycles. The molecule has 82 valence electrons. The van der Waals surface area contributed by atoms with Crippen LogP contribution in [0.1, 0.15) is 5.56 Å². The van der Waals surface area contributed by atoms with E-state index >= 15 is 0 Å². The molecule has 0 fully saturated rings. The highest BCUT2D eigenvalue weighted by Gasteiger charge is 1.88. The monoisotopic (exact) mass is 209 g/mol. The van der Waals surface area contributed by atoms with E-state index in [0.29, 0.717) is 19.8 Å². The highest BCUT2D eigenvalue weighted by molar-refractivity contribution is 5.79. The molecule has 4 heteroatoms. The number of aliphatic hydroxyl groups excluding tert-OH is 1. The number of hydrogen-bond acceptors (Lipinski definition) is 4. The Hall–Kier alpha value is -1.39. The summed E-state index contributed by atoms with van der Waals surface area (Å²) in [6.07, 6.45) is 1.72. The van der Waals surface area contributed by atoms with Gasteiger partial charge in [0.2, 0.25) is 0 Å². The largest absolute Gasteiger partial charge is 0.508 e. The Morgan fingerprint density at radius 3 is 2.60 bits per heavy atom. The van der Waals surface area contributed by atoms with Crippen LogP contribution in [-0.4, -0.2) is 42.8 Å². The maximum atomic E-state index is 9.04. The normalized spacial score (nSPS) is 11.0. The summed E-state index contributed by atoms with van der Waals surface area (Å²) in [6, 6.07) is 6.80. The van der Waals surface area contributed by atoms with Gasteiger partial charge in [-0.1, -0.05) is 0 Å². The lowest BCUT2D eigenvalue weighted by Crippen LogP contribution is -2.03. The van der Waals surface area contributed by atoms with Crippen LogP contribution in [-0.2, 0) is 4.74 Å². The molecule has 15 heavy (non-hydrogen) atoms. The van der Waals surface area contributed by atoms with Crippen LogP contribution in [0.3, 0.4) is 0 Å². The first-order chi connectivity index (χ1) is 7.33. The van der Waals surface area contributed by atoms with Crippen molar-refractivity contribution in [2.75, 3.05) is 26.4 Å². The number of aromatic hydroxyl groups is 1. The highest BCUT2D eigenvalue weighted by atomic mass is 16.5. The molecule has 0 aliphatic rings. The lowest BCUT2D eigenvalue weighted by Gasteiger charge is -1.97. The van der Waals surface area contributed by atoms with Gasteiger partial charge in [0.15, 0.2) is 0 Å². The molecule has 1 aromatic rings. The minimum absolute atomic E-state index is 0.0433. The van der Waals surface area contributed by atoms with Crippen molar-refractivity contribution in [3.63, 3.8) is 0 Å². The second-order valence-electron chi connectivity index (χ2n) is 2.96. The summed E-state index contributed by atoms with van der Waals surface area (Å²) in [7, 11) is 0. The molecular formula is C11H15NO3. The molecule has 2 N–H and O–H groups in total. The van der Waals surface area contributed by atoms with Crippen LogP contribution in [0.5, 0.6) is 5.75 Å². The van der Waals surface area contributed by atoms with Gasteiger partial charge < -0.3 is 14.9 Å². The van der Waals surface area contributed by atoms with E-state index < -0.39 is 0 Å². The molecule has 0 aliphatic carbocycles. The minimum Gasteiger partial charge on any atom is -0.508 e. The van der Waals surface area contributed by atoms with Crippen LogP contribution in [0, 0.1) is 0 Å². The molecule has 0 heterocycles. The average molecular weight is 209 g/mol. The lowest BCUT2D eigenvalue weighted by molar-refractivity contribution is 0.0978. The van der Waals surface area contributed by atoms with Crippen molar-refractivity contribution in [1.29, 1.82) is 0 Å². The van der Waals surface area contributed by atoms with E-state index in [4.69, 9.17) is 14.9 Å². The number of benzene rings is 1. The fourth-order valence-electron chi connectivity index (χ4n) is 1.01. The van der Waals surface area contributed by atoms with Crippen molar-refractivity contribution in [2.45, 2.75) is 0 Å². The van der Waals surface area contributed by atoms with E-state index in [-0.39, 0.29) is 12.4 Å². The topological polar surface area (TPSA) is 62.0 Å². The Kier molecular flexibility index (Phi) is 5.43.